The molecule has 0 aliphatic carbocycles. The lowest BCUT2D eigenvalue weighted by molar-refractivity contribution is -0.00701. The quantitative estimate of drug-likeness (QED) is 0.828. The Morgan fingerprint density at radius 1 is 1.32 bits per heavy atom. The third kappa shape index (κ3) is 4.11. The number of urea groups is 1. The smallest absolute Gasteiger partial charge is 0.319 e. The van der Waals surface area contributed by atoms with Gasteiger partial charge in [-0.3, -0.25) is 4.68 Å². The van der Waals surface area contributed by atoms with E-state index in [9.17, 15) is 4.79 Å². The van der Waals surface area contributed by atoms with E-state index in [1.165, 1.54) is 0 Å². The van der Waals surface area contributed by atoms with Crippen LogP contribution in [-0.2, 0) is 11.3 Å². The SMILES string of the molecule is CCn1cc([C@H]2OCCC[C@@H]2NC(=O)Nc2cccnc2N2CCCC2)cn1. The first kappa shape index (κ1) is 18.7. The standard InChI is InChI=1S/C20H28N6O2/c1-2-26-14-15(13-22-26)18-16(8-6-12-28-18)23-20(27)24-17-7-5-9-21-19(17)25-10-3-4-11-25/h5,7,9,13-14,16,18H,2-4,6,8,10-12H2,1H3,(H2,23,24,27)/t16-,18+/m0/s1. The first-order valence-electron chi connectivity index (χ1n) is 10.2. The molecule has 28 heavy (non-hydrogen) atoms. The van der Waals surface area contributed by atoms with Crippen molar-refractivity contribution >= 4 is 17.5 Å². The fraction of sp³-hybridized carbons (Fsp3) is 0.550. The summed E-state index contributed by atoms with van der Waals surface area (Å²) in [6.07, 6.45) is 9.55. The highest BCUT2D eigenvalue weighted by Crippen LogP contribution is 2.29. The maximum atomic E-state index is 12.7. The second kappa shape index (κ2) is 8.60. The number of carbonyl (C=O) groups excluding carboxylic acids is 1. The predicted octanol–water partition coefficient (Wildman–Crippen LogP) is 2.94. The van der Waals surface area contributed by atoms with Gasteiger partial charge in [-0.05, 0) is 44.7 Å². The number of amides is 2. The molecule has 2 atom stereocenters. The van der Waals surface area contributed by atoms with Crippen LogP contribution in [0.1, 0.15) is 44.3 Å². The van der Waals surface area contributed by atoms with Gasteiger partial charge in [-0.15, -0.1) is 0 Å². The molecule has 2 aliphatic rings. The zero-order valence-electron chi connectivity index (χ0n) is 16.3. The van der Waals surface area contributed by atoms with Crippen molar-refractivity contribution in [3.8, 4) is 0 Å². The molecule has 150 valence electrons. The van der Waals surface area contributed by atoms with Crippen molar-refractivity contribution < 1.29 is 9.53 Å². The molecule has 4 rings (SSSR count). The molecule has 0 unspecified atom stereocenters. The molecule has 0 radical (unpaired) electrons. The summed E-state index contributed by atoms with van der Waals surface area (Å²) >= 11 is 0. The lowest BCUT2D eigenvalue weighted by atomic mass is 9.98. The molecule has 0 spiro atoms. The number of hydrogen-bond acceptors (Lipinski definition) is 5. The average molecular weight is 384 g/mol. The van der Waals surface area contributed by atoms with Crippen molar-refractivity contribution in [3.05, 3.63) is 36.3 Å². The van der Waals surface area contributed by atoms with Crippen LogP contribution in [0.2, 0.25) is 0 Å². The molecule has 2 fully saturated rings. The molecule has 2 N–H and O–H groups in total. The van der Waals surface area contributed by atoms with Gasteiger partial charge in [0.1, 0.15) is 6.10 Å². The van der Waals surface area contributed by atoms with Gasteiger partial charge in [0.2, 0.25) is 0 Å². The number of rotatable bonds is 5. The number of ether oxygens (including phenoxy) is 1. The third-order valence-corrected chi connectivity index (χ3v) is 5.39. The molecule has 8 nitrogen and oxygen atoms in total. The van der Waals surface area contributed by atoms with Crippen LogP contribution in [0, 0.1) is 0 Å². The average Bonchev–Trinajstić information content (AvgIpc) is 3.41. The van der Waals surface area contributed by atoms with Crippen LogP contribution < -0.4 is 15.5 Å². The normalized spacial score (nSPS) is 22.2. The van der Waals surface area contributed by atoms with Crippen molar-refractivity contribution in [2.45, 2.75) is 51.3 Å². The van der Waals surface area contributed by atoms with E-state index >= 15 is 0 Å². The minimum atomic E-state index is -0.225. The molecule has 2 aromatic rings. The molecule has 2 aromatic heterocycles. The summed E-state index contributed by atoms with van der Waals surface area (Å²) in [7, 11) is 0. The van der Waals surface area contributed by atoms with Crippen molar-refractivity contribution in [1.82, 2.24) is 20.1 Å². The highest BCUT2D eigenvalue weighted by molar-refractivity contribution is 5.92. The van der Waals surface area contributed by atoms with Gasteiger partial charge in [0.25, 0.3) is 0 Å². The Morgan fingerprint density at radius 2 is 2.18 bits per heavy atom. The second-order valence-corrected chi connectivity index (χ2v) is 7.34. The molecule has 2 amide bonds. The number of nitrogens with one attached hydrogen (secondary N) is 2. The van der Waals surface area contributed by atoms with Gasteiger partial charge in [-0.25, -0.2) is 9.78 Å². The van der Waals surface area contributed by atoms with E-state index in [-0.39, 0.29) is 18.2 Å². The lowest BCUT2D eigenvalue weighted by Crippen LogP contribution is -2.44. The monoisotopic (exact) mass is 384 g/mol. The molecular formula is C20H28N6O2. The van der Waals surface area contributed by atoms with Crippen molar-refractivity contribution in [2.24, 2.45) is 0 Å². The summed E-state index contributed by atoms with van der Waals surface area (Å²) in [6, 6.07) is 3.44. The van der Waals surface area contributed by atoms with Gasteiger partial charge in [0.05, 0.1) is 17.9 Å². The topological polar surface area (TPSA) is 84.3 Å². The summed E-state index contributed by atoms with van der Waals surface area (Å²) in [4.78, 5) is 19.4. The van der Waals surface area contributed by atoms with E-state index in [0.29, 0.717) is 6.61 Å². The van der Waals surface area contributed by atoms with E-state index in [1.54, 1.807) is 6.20 Å². The fourth-order valence-corrected chi connectivity index (χ4v) is 3.96. The molecule has 0 saturated carbocycles. The van der Waals surface area contributed by atoms with E-state index in [4.69, 9.17) is 4.74 Å². The van der Waals surface area contributed by atoms with Crippen molar-refractivity contribution in [3.63, 3.8) is 0 Å². The van der Waals surface area contributed by atoms with Gasteiger partial charge in [-0.2, -0.15) is 5.10 Å². The van der Waals surface area contributed by atoms with Crippen LogP contribution in [0.4, 0.5) is 16.3 Å². The summed E-state index contributed by atoms with van der Waals surface area (Å²) in [6.45, 7) is 5.52. The van der Waals surface area contributed by atoms with Gasteiger partial charge in [-0.1, -0.05) is 0 Å². The maximum Gasteiger partial charge on any atom is 0.319 e. The summed E-state index contributed by atoms with van der Waals surface area (Å²) in [5.74, 6) is 0.843. The zero-order valence-corrected chi connectivity index (χ0v) is 16.3. The van der Waals surface area contributed by atoms with E-state index < -0.39 is 0 Å². The zero-order chi connectivity index (χ0) is 19.3. The number of carbonyl (C=O) groups is 1. The Bertz CT molecular complexity index is 801. The highest BCUT2D eigenvalue weighted by Gasteiger charge is 2.30. The number of pyridine rings is 1. The number of anilines is 2. The van der Waals surface area contributed by atoms with E-state index in [0.717, 1.165) is 62.4 Å². The minimum absolute atomic E-state index is 0.0878. The van der Waals surface area contributed by atoms with Crippen molar-refractivity contribution in [2.75, 3.05) is 29.9 Å². The van der Waals surface area contributed by atoms with Gasteiger partial charge >= 0.3 is 6.03 Å². The Labute approximate surface area is 165 Å². The third-order valence-electron chi connectivity index (χ3n) is 5.39. The molecule has 0 aromatic carbocycles. The Kier molecular flexibility index (Phi) is 5.76. The molecule has 4 heterocycles. The summed E-state index contributed by atoms with van der Waals surface area (Å²) < 4.78 is 7.85. The van der Waals surface area contributed by atoms with Gasteiger partial charge in [0.15, 0.2) is 5.82 Å². The maximum absolute atomic E-state index is 12.7. The Morgan fingerprint density at radius 3 is 2.96 bits per heavy atom. The van der Waals surface area contributed by atoms with Gasteiger partial charge in [0, 0.05) is 44.2 Å². The minimum Gasteiger partial charge on any atom is -0.371 e. The number of aryl methyl sites for hydroxylation is 1. The molecule has 8 heteroatoms. The largest absolute Gasteiger partial charge is 0.371 e. The fourth-order valence-electron chi connectivity index (χ4n) is 3.96. The van der Waals surface area contributed by atoms with E-state index in [1.807, 2.05) is 36.1 Å². The van der Waals surface area contributed by atoms with E-state index in [2.05, 4.69) is 25.6 Å². The lowest BCUT2D eigenvalue weighted by Gasteiger charge is -2.32. The Hall–Kier alpha value is -2.61. The summed E-state index contributed by atoms with van der Waals surface area (Å²) in [5.41, 5.74) is 1.75. The number of nitrogens with zero attached hydrogens (tertiary/aromatic N) is 4. The van der Waals surface area contributed by atoms with Crippen LogP contribution in [0.3, 0.4) is 0 Å². The highest BCUT2D eigenvalue weighted by atomic mass is 16.5. The summed E-state index contributed by atoms with van der Waals surface area (Å²) in [5, 5.41) is 10.4. The molecule has 0 bridgehead atoms. The molecule has 2 saturated heterocycles. The second-order valence-electron chi connectivity index (χ2n) is 7.34. The number of hydrogen-bond donors (Lipinski definition) is 2. The van der Waals surface area contributed by atoms with Crippen LogP contribution in [-0.4, -0.2) is 46.5 Å². The molecular weight excluding hydrogens is 356 g/mol. The Balaban J connectivity index is 1.44. The first-order valence-corrected chi connectivity index (χ1v) is 10.2. The van der Waals surface area contributed by atoms with Crippen LogP contribution >= 0.6 is 0 Å². The number of aromatic nitrogens is 3. The van der Waals surface area contributed by atoms with Crippen LogP contribution in [0.5, 0.6) is 0 Å². The molecule has 2 aliphatic heterocycles. The van der Waals surface area contributed by atoms with Crippen LogP contribution in [0.25, 0.3) is 0 Å². The van der Waals surface area contributed by atoms with Crippen LogP contribution in [0.15, 0.2) is 30.7 Å². The van der Waals surface area contributed by atoms with Gasteiger partial charge < -0.3 is 20.3 Å². The first-order chi connectivity index (χ1) is 13.7. The predicted molar refractivity (Wildman–Crippen MR) is 107 cm³/mol. The van der Waals surface area contributed by atoms with Crippen molar-refractivity contribution in [1.29, 1.82) is 0 Å².